The van der Waals surface area contributed by atoms with Gasteiger partial charge in [-0.05, 0) is 12.1 Å². The summed E-state index contributed by atoms with van der Waals surface area (Å²) < 4.78 is 5.88. The van der Waals surface area contributed by atoms with Crippen LogP contribution < -0.4 is 4.90 Å². The van der Waals surface area contributed by atoms with Crippen LogP contribution in [0.3, 0.4) is 0 Å². The number of ether oxygens (including phenoxy) is 1. The van der Waals surface area contributed by atoms with Crippen molar-refractivity contribution in [2.45, 2.75) is 9.93 Å². The molecule has 4 rings (SSSR count). The number of rotatable bonds is 2. The largest absolute Gasteiger partial charge is 0.348 e. The fourth-order valence-corrected chi connectivity index (χ4v) is 5.06. The van der Waals surface area contributed by atoms with Crippen LogP contribution in [0.4, 0.5) is 5.69 Å². The highest BCUT2D eigenvalue weighted by atomic mass is 35.5. The average Bonchev–Trinajstić information content (AvgIpc) is 2.53. The molecule has 0 aliphatic carbocycles. The lowest BCUT2D eigenvalue weighted by Gasteiger charge is -2.65. The summed E-state index contributed by atoms with van der Waals surface area (Å²) in [5.74, 6) is 0.945. The SMILES string of the molecule is Cl[C@@]12CN(c3ccccc3)[C@]1(c1ccccc1)OCCS2. The zero-order valence-corrected chi connectivity index (χ0v) is 13.1. The van der Waals surface area contributed by atoms with Crippen LogP contribution in [0.2, 0.25) is 0 Å². The monoisotopic (exact) mass is 317 g/mol. The molecule has 2 aliphatic heterocycles. The van der Waals surface area contributed by atoms with Crippen molar-refractivity contribution in [3.05, 3.63) is 66.2 Å². The van der Waals surface area contributed by atoms with Crippen molar-refractivity contribution in [2.75, 3.05) is 23.8 Å². The van der Waals surface area contributed by atoms with E-state index in [2.05, 4.69) is 41.3 Å². The standard InChI is InChI=1S/C17H16ClNOS/c18-16-13-19(15-9-5-2-6-10-15)17(16,20-11-12-21-16)14-7-3-1-4-8-14/h1-10H,11-13H2/t16-,17-/m1/s1. The molecule has 0 radical (unpaired) electrons. The molecule has 0 N–H and O–H groups in total. The molecule has 2 aromatic carbocycles. The second-order valence-corrected chi connectivity index (χ2v) is 7.62. The van der Waals surface area contributed by atoms with Gasteiger partial charge in [0.1, 0.15) is 0 Å². The number of benzene rings is 2. The van der Waals surface area contributed by atoms with Gasteiger partial charge in [0.05, 0.1) is 13.2 Å². The predicted molar refractivity (Wildman–Crippen MR) is 88.9 cm³/mol. The summed E-state index contributed by atoms with van der Waals surface area (Å²) in [6.07, 6.45) is 0. The lowest BCUT2D eigenvalue weighted by Crippen LogP contribution is -2.76. The zero-order valence-electron chi connectivity index (χ0n) is 11.5. The predicted octanol–water partition coefficient (Wildman–Crippen LogP) is 4.06. The van der Waals surface area contributed by atoms with Gasteiger partial charge in [0, 0.05) is 17.0 Å². The maximum Gasteiger partial charge on any atom is 0.198 e. The van der Waals surface area contributed by atoms with Gasteiger partial charge in [-0.3, -0.25) is 0 Å². The second kappa shape index (κ2) is 4.94. The van der Waals surface area contributed by atoms with Crippen molar-refractivity contribution < 1.29 is 4.74 Å². The summed E-state index contributed by atoms with van der Waals surface area (Å²) in [5.41, 5.74) is 1.71. The van der Waals surface area contributed by atoms with Gasteiger partial charge < -0.3 is 9.64 Å². The number of halogens is 1. The van der Waals surface area contributed by atoms with Gasteiger partial charge in [-0.1, -0.05) is 60.1 Å². The first-order valence-electron chi connectivity index (χ1n) is 7.11. The van der Waals surface area contributed by atoms with E-state index >= 15 is 0 Å². The third kappa shape index (κ3) is 1.84. The Morgan fingerprint density at radius 3 is 2.33 bits per heavy atom. The number of hydrogen-bond acceptors (Lipinski definition) is 3. The molecule has 108 valence electrons. The Morgan fingerprint density at radius 1 is 1.00 bits per heavy atom. The molecule has 2 aromatic rings. The van der Waals surface area contributed by atoms with E-state index in [9.17, 15) is 0 Å². The Bertz CT molecular complexity index is 638. The molecule has 0 unspecified atom stereocenters. The van der Waals surface area contributed by atoms with Crippen LogP contribution in [0.1, 0.15) is 5.56 Å². The number of alkyl halides is 1. The molecule has 0 saturated carbocycles. The minimum Gasteiger partial charge on any atom is -0.348 e. The highest BCUT2D eigenvalue weighted by Crippen LogP contribution is 2.61. The van der Waals surface area contributed by atoms with Crippen LogP contribution in [0.15, 0.2) is 60.7 Å². The number of anilines is 1. The maximum atomic E-state index is 6.94. The van der Waals surface area contributed by atoms with Crippen LogP contribution in [0.5, 0.6) is 0 Å². The summed E-state index contributed by atoms with van der Waals surface area (Å²) in [5, 5.41) is 0. The molecule has 2 fully saturated rings. The number of thioether (sulfide) groups is 1. The third-order valence-electron chi connectivity index (χ3n) is 4.21. The molecule has 2 aliphatic rings. The first-order chi connectivity index (χ1) is 10.3. The minimum atomic E-state index is -0.569. The van der Waals surface area contributed by atoms with Gasteiger partial charge in [0.2, 0.25) is 0 Å². The molecule has 2 atom stereocenters. The summed E-state index contributed by atoms with van der Waals surface area (Å²) in [4.78, 5) is 2.28. The fraction of sp³-hybridized carbons (Fsp3) is 0.294. The van der Waals surface area contributed by atoms with Gasteiger partial charge in [-0.15, -0.1) is 11.8 Å². The summed E-state index contributed by atoms with van der Waals surface area (Å²) in [6.45, 7) is 1.51. The van der Waals surface area contributed by atoms with Crippen LogP contribution in [-0.2, 0) is 10.5 Å². The van der Waals surface area contributed by atoms with Crippen molar-refractivity contribution >= 4 is 29.1 Å². The number of para-hydroxylation sites is 1. The van der Waals surface area contributed by atoms with E-state index in [4.69, 9.17) is 16.3 Å². The van der Waals surface area contributed by atoms with Crippen LogP contribution in [-0.4, -0.2) is 23.1 Å². The Kier molecular flexibility index (Phi) is 3.18. The van der Waals surface area contributed by atoms with E-state index in [1.165, 1.54) is 0 Å². The van der Waals surface area contributed by atoms with E-state index in [0.717, 1.165) is 30.2 Å². The van der Waals surface area contributed by atoms with Gasteiger partial charge in [-0.25, -0.2) is 0 Å². The quantitative estimate of drug-likeness (QED) is 0.775. The lowest BCUT2D eigenvalue weighted by molar-refractivity contribution is -0.0992. The molecule has 0 spiro atoms. The van der Waals surface area contributed by atoms with Crippen LogP contribution in [0.25, 0.3) is 0 Å². The summed E-state index contributed by atoms with van der Waals surface area (Å²) in [6, 6.07) is 20.7. The minimum absolute atomic E-state index is 0.414. The molecule has 2 nitrogen and oxygen atoms in total. The Labute approximate surface area is 134 Å². The Balaban J connectivity index is 1.84. The van der Waals surface area contributed by atoms with E-state index in [-0.39, 0.29) is 0 Å². The third-order valence-corrected chi connectivity index (χ3v) is 6.14. The maximum absolute atomic E-state index is 6.94. The van der Waals surface area contributed by atoms with E-state index < -0.39 is 9.93 Å². The van der Waals surface area contributed by atoms with E-state index in [1.54, 1.807) is 11.8 Å². The molecule has 0 bridgehead atoms. The second-order valence-electron chi connectivity index (χ2n) is 5.36. The van der Waals surface area contributed by atoms with Gasteiger partial charge in [-0.2, -0.15) is 0 Å². The van der Waals surface area contributed by atoms with Gasteiger partial charge in [0.25, 0.3) is 0 Å². The normalized spacial score (nSPS) is 31.4. The molecular weight excluding hydrogens is 302 g/mol. The molecule has 0 aromatic heterocycles. The Morgan fingerprint density at radius 2 is 1.67 bits per heavy atom. The lowest BCUT2D eigenvalue weighted by atomic mass is 9.87. The van der Waals surface area contributed by atoms with Crippen molar-refractivity contribution in [3.63, 3.8) is 0 Å². The van der Waals surface area contributed by atoms with E-state index in [0.29, 0.717) is 0 Å². The van der Waals surface area contributed by atoms with Gasteiger partial charge in [0.15, 0.2) is 9.93 Å². The first kappa shape index (κ1) is 13.5. The van der Waals surface area contributed by atoms with Crippen LogP contribution >= 0.6 is 23.4 Å². The molecular formula is C17H16ClNOS. The fourth-order valence-electron chi connectivity index (χ4n) is 3.25. The smallest absolute Gasteiger partial charge is 0.198 e. The van der Waals surface area contributed by atoms with Crippen molar-refractivity contribution in [3.8, 4) is 0 Å². The Hall–Kier alpha value is -1.16. The summed E-state index contributed by atoms with van der Waals surface area (Å²) >= 11 is 8.75. The van der Waals surface area contributed by atoms with E-state index in [1.807, 2.05) is 24.3 Å². The van der Waals surface area contributed by atoms with Gasteiger partial charge >= 0.3 is 0 Å². The number of hydrogen-bond donors (Lipinski definition) is 0. The molecule has 21 heavy (non-hydrogen) atoms. The highest BCUT2D eigenvalue weighted by molar-refractivity contribution is 8.02. The zero-order chi connectivity index (χ0) is 14.3. The molecule has 0 amide bonds. The average molecular weight is 318 g/mol. The number of fused-ring (bicyclic) bond motifs is 1. The van der Waals surface area contributed by atoms with Crippen molar-refractivity contribution in [1.29, 1.82) is 0 Å². The molecule has 2 heterocycles. The van der Waals surface area contributed by atoms with Crippen molar-refractivity contribution in [1.82, 2.24) is 0 Å². The molecule has 4 heteroatoms. The molecule has 2 saturated heterocycles. The topological polar surface area (TPSA) is 12.5 Å². The van der Waals surface area contributed by atoms with Crippen LogP contribution in [0, 0.1) is 0 Å². The van der Waals surface area contributed by atoms with Crippen molar-refractivity contribution in [2.24, 2.45) is 0 Å². The number of nitrogens with zero attached hydrogens (tertiary/aromatic N) is 1. The summed E-state index contributed by atoms with van der Waals surface area (Å²) in [7, 11) is 0. The highest BCUT2D eigenvalue weighted by Gasteiger charge is 2.68. The first-order valence-corrected chi connectivity index (χ1v) is 8.48.